The van der Waals surface area contributed by atoms with Crippen molar-refractivity contribution in [3.63, 3.8) is 0 Å². The first kappa shape index (κ1) is 31.8. The van der Waals surface area contributed by atoms with E-state index >= 15 is 0 Å². The molecule has 14 rings (SSSR count). The fraction of sp³-hybridized carbons (Fsp3) is 0.189. The molecule has 0 N–H and O–H groups in total. The lowest BCUT2D eigenvalue weighted by molar-refractivity contribution is -0.0399. The summed E-state index contributed by atoms with van der Waals surface area (Å²) in [6, 6.07) is 57.5. The second-order valence-corrected chi connectivity index (χ2v) is 17.2. The highest BCUT2D eigenvalue weighted by Gasteiger charge is 2.61. The van der Waals surface area contributed by atoms with E-state index < -0.39 is 0 Å². The molecule has 0 saturated heterocycles. The summed E-state index contributed by atoms with van der Waals surface area (Å²) in [7, 11) is 0. The Balaban J connectivity index is 0.980. The van der Waals surface area contributed by atoms with Gasteiger partial charge in [0.2, 0.25) is 0 Å². The fourth-order valence-corrected chi connectivity index (χ4v) is 12.4. The molecular weight excluding hydrogens is 693 g/mol. The first-order chi connectivity index (χ1) is 28.2. The lowest BCUT2D eigenvalue weighted by Gasteiger charge is -2.61. The Hall–Kier alpha value is -6.39. The molecule has 2 heterocycles. The molecule has 4 heteroatoms. The minimum atomic E-state index is 0.0406. The van der Waals surface area contributed by atoms with Crippen LogP contribution < -0.4 is 0 Å². The van der Waals surface area contributed by atoms with Crippen molar-refractivity contribution in [2.45, 2.75) is 37.5 Å². The van der Waals surface area contributed by atoms with Crippen molar-refractivity contribution < 1.29 is 0 Å². The Kier molecular flexibility index (Phi) is 6.59. The highest BCUT2D eigenvalue weighted by atomic mass is 15.0. The molecule has 0 amide bonds. The van der Waals surface area contributed by atoms with Gasteiger partial charge in [0.25, 0.3) is 0 Å². The number of aromatic nitrogens is 4. The molecule has 1 spiro atoms. The maximum absolute atomic E-state index is 5.31. The van der Waals surface area contributed by atoms with Crippen LogP contribution >= 0.6 is 0 Å². The predicted octanol–water partition coefficient (Wildman–Crippen LogP) is 12.8. The van der Waals surface area contributed by atoms with Gasteiger partial charge in [0.1, 0.15) is 0 Å². The van der Waals surface area contributed by atoms with Crippen molar-refractivity contribution in [3.05, 3.63) is 169 Å². The van der Waals surface area contributed by atoms with E-state index in [2.05, 4.69) is 156 Å². The standard InChI is InChI=1S/C53H40N4/c1-2-11-35(12-3-1)50-54-51(36-18-22-40(23-19-36)57-47-16-8-6-14-42(47)43-15-7-9-17-48(43)57)56-52(55-50)37-20-24-44-46(31-37)53(38-27-32-26-33(29-38)30-39(53)28-32)45-25-21-34-10-4-5-13-41(34)49(44)45/h1-25,31-33,38-39H,26-30H2. The van der Waals surface area contributed by atoms with Gasteiger partial charge in [-0.05, 0) is 131 Å². The molecule has 7 aromatic carbocycles. The molecule has 4 saturated carbocycles. The van der Waals surface area contributed by atoms with E-state index in [1.165, 1.54) is 81.4 Å². The zero-order valence-corrected chi connectivity index (χ0v) is 31.6. The van der Waals surface area contributed by atoms with Crippen LogP contribution in [0.2, 0.25) is 0 Å². The Bertz CT molecular complexity index is 3000. The van der Waals surface area contributed by atoms with Gasteiger partial charge in [0, 0.05) is 38.6 Å². The van der Waals surface area contributed by atoms with Crippen LogP contribution in [-0.2, 0) is 5.41 Å². The van der Waals surface area contributed by atoms with Gasteiger partial charge < -0.3 is 4.57 Å². The van der Waals surface area contributed by atoms with Gasteiger partial charge in [0.15, 0.2) is 17.5 Å². The third kappa shape index (κ3) is 4.47. The average molecular weight is 733 g/mol. The molecule has 0 atom stereocenters. The van der Waals surface area contributed by atoms with Crippen molar-refractivity contribution in [1.29, 1.82) is 0 Å². The zero-order valence-electron chi connectivity index (χ0n) is 31.6. The quantitative estimate of drug-likeness (QED) is 0.181. The summed E-state index contributed by atoms with van der Waals surface area (Å²) >= 11 is 0. The lowest BCUT2D eigenvalue weighted by Crippen LogP contribution is -2.55. The molecule has 272 valence electrons. The fourth-order valence-electron chi connectivity index (χ4n) is 12.4. The van der Waals surface area contributed by atoms with Crippen LogP contribution in [0, 0.1) is 23.7 Å². The highest BCUT2D eigenvalue weighted by Crippen LogP contribution is 2.70. The van der Waals surface area contributed by atoms with Crippen LogP contribution in [0.15, 0.2) is 158 Å². The summed E-state index contributed by atoms with van der Waals surface area (Å²) in [6.45, 7) is 0. The van der Waals surface area contributed by atoms with Gasteiger partial charge in [-0.25, -0.2) is 15.0 Å². The Morgan fingerprint density at radius 3 is 1.65 bits per heavy atom. The molecule has 0 aliphatic heterocycles. The second-order valence-electron chi connectivity index (χ2n) is 17.2. The van der Waals surface area contributed by atoms with E-state index in [9.17, 15) is 0 Å². The third-order valence-corrected chi connectivity index (χ3v) is 14.4. The number of hydrogen-bond acceptors (Lipinski definition) is 3. The van der Waals surface area contributed by atoms with Crippen molar-refractivity contribution in [2.24, 2.45) is 23.7 Å². The van der Waals surface area contributed by atoms with Crippen molar-refractivity contribution >= 4 is 32.6 Å². The smallest absolute Gasteiger partial charge is 0.164 e. The van der Waals surface area contributed by atoms with Gasteiger partial charge in [-0.1, -0.05) is 115 Å². The molecule has 2 aromatic heterocycles. The molecule has 4 nitrogen and oxygen atoms in total. The Morgan fingerprint density at radius 2 is 0.982 bits per heavy atom. The van der Waals surface area contributed by atoms with E-state index in [0.29, 0.717) is 23.5 Å². The summed E-state index contributed by atoms with van der Waals surface area (Å²) in [5, 5.41) is 5.22. The maximum atomic E-state index is 5.31. The zero-order chi connectivity index (χ0) is 37.2. The lowest BCUT2D eigenvalue weighted by atomic mass is 9.43. The van der Waals surface area contributed by atoms with Gasteiger partial charge in [0.05, 0.1) is 11.0 Å². The number of para-hydroxylation sites is 2. The van der Waals surface area contributed by atoms with Crippen molar-refractivity contribution in [1.82, 2.24) is 19.5 Å². The number of fused-ring (bicyclic) bond motifs is 8. The largest absolute Gasteiger partial charge is 0.309 e. The third-order valence-electron chi connectivity index (χ3n) is 14.4. The van der Waals surface area contributed by atoms with E-state index in [0.717, 1.165) is 40.0 Å². The van der Waals surface area contributed by atoms with Gasteiger partial charge in [-0.2, -0.15) is 0 Å². The monoisotopic (exact) mass is 732 g/mol. The maximum Gasteiger partial charge on any atom is 0.164 e. The van der Waals surface area contributed by atoms with Gasteiger partial charge in [-0.3, -0.25) is 0 Å². The topological polar surface area (TPSA) is 43.6 Å². The van der Waals surface area contributed by atoms with Crippen molar-refractivity contribution in [3.8, 4) is 51.0 Å². The van der Waals surface area contributed by atoms with E-state index in [1.54, 1.807) is 5.56 Å². The number of hydrogen-bond donors (Lipinski definition) is 0. The summed E-state index contributed by atoms with van der Waals surface area (Å²) in [5.74, 6) is 5.23. The molecule has 0 unspecified atom stereocenters. The van der Waals surface area contributed by atoms with E-state index in [4.69, 9.17) is 15.0 Å². The molecule has 5 aliphatic carbocycles. The Morgan fingerprint density at radius 1 is 0.439 bits per heavy atom. The molecule has 5 aliphatic rings. The molecule has 57 heavy (non-hydrogen) atoms. The second kappa shape index (κ2) is 11.8. The van der Waals surface area contributed by atoms with Crippen LogP contribution in [-0.4, -0.2) is 19.5 Å². The van der Waals surface area contributed by atoms with E-state index in [1.807, 2.05) is 6.07 Å². The Labute approximate surface area is 331 Å². The van der Waals surface area contributed by atoms with Crippen LogP contribution in [0.25, 0.3) is 83.6 Å². The molecular formula is C53H40N4. The highest BCUT2D eigenvalue weighted by molar-refractivity contribution is 6.09. The summed E-state index contributed by atoms with van der Waals surface area (Å²) in [6.07, 6.45) is 6.84. The van der Waals surface area contributed by atoms with Gasteiger partial charge >= 0.3 is 0 Å². The normalized spacial score (nSPS) is 22.8. The molecule has 4 fully saturated rings. The van der Waals surface area contributed by atoms with E-state index in [-0.39, 0.29) is 5.41 Å². The van der Waals surface area contributed by atoms with Crippen LogP contribution in [0.1, 0.15) is 43.2 Å². The minimum absolute atomic E-state index is 0.0406. The van der Waals surface area contributed by atoms with Crippen LogP contribution in [0.4, 0.5) is 0 Å². The summed E-state index contributed by atoms with van der Waals surface area (Å²) < 4.78 is 2.36. The summed E-state index contributed by atoms with van der Waals surface area (Å²) in [4.78, 5) is 15.7. The van der Waals surface area contributed by atoms with Crippen LogP contribution in [0.3, 0.4) is 0 Å². The molecule has 4 bridgehead atoms. The van der Waals surface area contributed by atoms with Crippen LogP contribution in [0.5, 0.6) is 0 Å². The molecule has 0 radical (unpaired) electrons. The minimum Gasteiger partial charge on any atom is -0.309 e. The molecule has 9 aromatic rings. The van der Waals surface area contributed by atoms with Gasteiger partial charge in [-0.15, -0.1) is 0 Å². The summed E-state index contributed by atoms with van der Waals surface area (Å²) in [5.41, 5.74) is 12.5. The number of nitrogens with zero attached hydrogens (tertiary/aromatic N) is 4. The average Bonchev–Trinajstić information content (AvgIpc) is 3.76. The number of benzene rings is 7. The first-order valence-corrected chi connectivity index (χ1v) is 20.8. The SMILES string of the molecule is c1ccc(-c2nc(-c3ccc(-n4c5ccccc5c5ccccc54)cc3)nc(-c3ccc4c(c3)C3(c5ccc6ccccc6c5-4)C4CC5CC(C4)CC3C5)n2)cc1. The first-order valence-electron chi connectivity index (χ1n) is 20.8. The number of rotatable bonds is 4. The predicted molar refractivity (Wildman–Crippen MR) is 231 cm³/mol. The van der Waals surface area contributed by atoms with Crippen molar-refractivity contribution in [2.75, 3.05) is 0 Å².